The minimum absolute atomic E-state index is 0.0711. The average molecular weight is 305 g/mol. The van der Waals surface area contributed by atoms with Crippen LogP contribution in [0.4, 0.5) is 5.69 Å². The predicted octanol–water partition coefficient (Wildman–Crippen LogP) is 4.24. The highest BCUT2D eigenvalue weighted by Gasteiger charge is 2.07. The smallest absolute Gasteiger partial charge is 0.163 e. The number of nitrogens with zero attached hydrogens (tertiary/aromatic N) is 3. The van der Waals surface area contributed by atoms with Crippen LogP contribution in [0.2, 0.25) is 5.02 Å². The van der Waals surface area contributed by atoms with Gasteiger partial charge in [-0.2, -0.15) is 15.8 Å². The van der Waals surface area contributed by atoms with Crippen LogP contribution in [0, 0.1) is 34.0 Å². The summed E-state index contributed by atoms with van der Waals surface area (Å²) in [6.07, 6.45) is 0. The van der Waals surface area contributed by atoms with E-state index >= 15 is 0 Å². The molecule has 1 N–H and O–H groups in total. The van der Waals surface area contributed by atoms with Gasteiger partial charge in [0.25, 0.3) is 0 Å². The normalized spacial score (nSPS) is 9.00. The van der Waals surface area contributed by atoms with Crippen molar-refractivity contribution in [3.05, 3.63) is 64.8 Å². The molecule has 0 radical (unpaired) electrons. The SMILES string of the molecule is N#CC(C#N)=C(C#N)Nc1cccc(-c2ccc(Cl)cc2)c1. The summed E-state index contributed by atoms with van der Waals surface area (Å²) >= 11 is 5.87. The zero-order valence-electron chi connectivity index (χ0n) is 11.3. The number of allylic oxidation sites excluding steroid dienone is 2. The topological polar surface area (TPSA) is 83.4 Å². The van der Waals surface area contributed by atoms with Crippen LogP contribution in [0.25, 0.3) is 11.1 Å². The fourth-order valence-electron chi connectivity index (χ4n) is 1.85. The highest BCUT2D eigenvalue weighted by molar-refractivity contribution is 6.30. The van der Waals surface area contributed by atoms with Crippen LogP contribution in [0.1, 0.15) is 0 Å². The van der Waals surface area contributed by atoms with Gasteiger partial charge in [-0.25, -0.2) is 0 Å². The molecule has 0 amide bonds. The molecular weight excluding hydrogens is 296 g/mol. The van der Waals surface area contributed by atoms with Crippen LogP contribution in [0.3, 0.4) is 0 Å². The molecule has 0 saturated carbocycles. The number of rotatable bonds is 3. The fraction of sp³-hybridized carbons (Fsp3) is 0. The molecule has 0 bridgehead atoms. The van der Waals surface area contributed by atoms with Crippen LogP contribution in [0.5, 0.6) is 0 Å². The lowest BCUT2D eigenvalue weighted by atomic mass is 10.1. The maximum absolute atomic E-state index is 9.05. The van der Waals surface area contributed by atoms with E-state index in [4.69, 9.17) is 27.4 Å². The maximum atomic E-state index is 9.05. The van der Waals surface area contributed by atoms with Gasteiger partial charge in [0.1, 0.15) is 23.9 Å². The Kier molecular flexibility index (Phi) is 4.78. The van der Waals surface area contributed by atoms with Crippen molar-refractivity contribution < 1.29 is 0 Å². The van der Waals surface area contributed by atoms with Gasteiger partial charge >= 0.3 is 0 Å². The number of hydrogen-bond donors (Lipinski definition) is 1. The molecule has 0 spiro atoms. The number of nitrogens with one attached hydrogen (secondary N) is 1. The van der Waals surface area contributed by atoms with E-state index in [0.717, 1.165) is 11.1 Å². The third-order valence-electron chi connectivity index (χ3n) is 2.89. The molecule has 0 unspecified atom stereocenters. The van der Waals surface area contributed by atoms with E-state index in [9.17, 15) is 0 Å². The quantitative estimate of drug-likeness (QED) is 0.859. The second-order valence-electron chi connectivity index (χ2n) is 4.30. The van der Waals surface area contributed by atoms with Crippen molar-refractivity contribution in [2.75, 3.05) is 5.32 Å². The van der Waals surface area contributed by atoms with Crippen molar-refractivity contribution in [3.8, 4) is 29.3 Å². The Bertz CT molecular complexity index is 830. The van der Waals surface area contributed by atoms with Gasteiger partial charge in [-0.15, -0.1) is 0 Å². The van der Waals surface area contributed by atoms with E-state index in [0.29, 0.717) is 10.7 Å². The standard InChI is InChI=1S/C17H9ClN4/c18-15-6-4-12(5-7-15)13-2-1-3-16(8-13)22-17(11-21)14(9-19)10-20/h1-8,22H. The molecule has 2 aromatic carbocycles. The van der Waals surface area contributed by atoms with E-state index in [1.165, 1.54) is 0 Å². The second kappa shape index (κ2) is 6.95. The van der Waals surface area contributed by atoms with Crippen molar-refractivity contribution in [3.63, 3.8) is 0 Å². The van der Waals surface area contributed by atoms with Gasteiger partial charge in [0.05, 0.1) is 0 Å². The molecule has 0 aliphatic rings. The van der Waals surface area contributed by atoms with Gasteiger partial charge in [-0.05, 0) is 35.4 Å². The van der Waals surface area contributed by atoms with Crippen LogP contribution < -0.4 is 5.32 Å². The molecule has 0 aromatic heterocycles. The lowest BCUT2D eigenvalue weighted by molar-refractivity contribution is 1.37. The number of halogens is 1. The van der Waals surface area contributed by atoms with Gasteiger partial charge in [0, 0.05) is 10.7 Å². The van der Waals surface area contributed by atoms with Gasteiger partial charge < -0.3 is 5.32 Å². The first-order valence-corrected chi connectivity index (χ1v) is 6.63. The third kappa shape index (κ3) is 3.44. The van der Waals surface area contributed by atoms with Gasteiger partial charge in [0.15, 0.2) is 5.57 Å². The van der Waals surface area contributed by atoms with Crippen LogP contribution >= 0.6 is 11.6 Å². The van der Waals surface area contributed by atoms with Crippen molar-refractivity contribution in [1.82, 2.24) is 0 Å². The number of hydrogen-bond acceptors (Lipinski definition) is 4. The van der Waals surface area contributed by atoms with Gasteiger partial charge in [-0.1, -0.05) is 35.9 Å². The first-order valence-electron chi connectivity index (χ1n) is 6.25. The summed E-state index contributed by atoms with van der Waals surface area (Å²) in [5.41, 5.74) is 2.19. The van der Waals surface area contributed by atoms with Crippen LogP contribution in [0.15, 0.2) is 59.8 Å². The summed E-state index contributed by atoms with van der Waals surface area (Å²) < 4.78 is 0. The highest BCUT2D eigenvalue weighted by atomic mass is 35.5. The molecule has 0 heterocycles. The molecule has 0 saturated heterocycles. The Morgan fingerprint density at radius 3 is 2.14 bits per heavy atom. The third-order valence-corrected chi connectivity index (χ3v) is 3.15. The van der Waals surface area contributed by atoms with Crippen LogP contribution in [-0.4, -0.2) is 0 Å². The largest absolute Gasteiger partial charge is 0.345 e. The number of nitriles is 3. The Morgan fingerprint density at radius 1 is 0.864 bits per heavy atom. The summed E-state index contributed by atoms with van der Waals surface area (Å²) in [6.45, 7) is 0. The first kappa shape index (κ1) is 15.1. The minimum atomic E-state index is -0.251. The molecule has 5 heteroatoms. The molecule has 104 valence electrons. The van der Waals surface area contributed by atoms with Gasteiger partial charge in [-0.3, -0.25) is 0 Å². The summed E-state index contributed by atoms with van der Waals surface area (Å²) in [7, 11) is 0. The van der Waals surface area contributed by atoms with E-state index in [2.05, 4.69) is 5.32 Å². The van der Waals surface area contributed by atoms with Crippen molar-refractivity contribution in [2.45, 2.75) is 0 Å². The fourth-order valence-corrected chi connectivity index (χ4v) is 1.97. The Hall–Kier alpha value is -3.26. The van der Waals surface area contributed by atoms with E-state index in [1.807, 2.05) is 36.4 Å². The van der Waals surface area contributed by atoms with E-state index < -0.39 is 0 Å². The van der Waals surface area contributed by atoms with E-state index in [1.54, 1.807) is 30.3 Å². The number of benzene rings is 2. The van der Waals surface area contributed by atoms with Crippen molar-refractivity contribution >= 4 is 17.3 Å². The molecule has 0 aliphatic heterocycles. The molecule has 2 aromatic rings. The molecule has 0 aliphatic carbocycles. The zero-order valence-corrected chi connectivity index (χ0v) is 12.1. The molecule has 2 rings (SSSR count). The Balaban J connectivity index is 2.36. The molecule has 22 heavy (non-hydrogen) atoms. The van der Waals surface area contributed by atoms with Gasteiger partial charge in [0.2, 0.25) is 0 Å². The van der Waals surface area contributed by atoms with Crippen LogP contribution in [-0.2, 0) is 0 Å². The van der Waals surface area contributed by atoms with E-state index in [-0.39, 0.29) is 11.3 Å². The molecule has 0 atom stereocenters. The highest BCUT2D eigenvalue weighted by Crippen LogP contribution is 2.25. The Labute approximate surface area is 133 Å². The second-order valence-corrected chi connectivity index (χ2v) is 4.73. The molecular formula is C17H9ClN4. The predicted molar refractivity (Wildman–Crippen MR) is 84.4 cm³/mol. The minimum Gasteiger partial charge on any atom is -0.345 e. The summed E-state index contributed by atoms with van der Waals surface area (Å²) in [5.74, 6) is 0. The van der Waals surface area contributed by atoms with Crippen molar-refractivity contribution in [1.29, 1.82) is 15.8 Å². The zero-order chi connectivity index (χ0) is 15.9. The Morgan fingerprint density at radius 2 is 1.55 bits per heavy atom. The molecule has 4 nitrogen and oxygen atoms in total. The maximum Gasteiger partial charge on any atom is 0.163 e. The molecule has 0 fully saturated rings. The summed E-state index contributed by atoms with van der Waals surface area (Å²) in [5, 5.41) is 30.2. The monoisotopic (exact) mass is 304 g/mol. The number of anilines is 1. The summed E-state index contributed by atoms with van der Waals surface area (Å²) in [4.78, 5) is 0. The van der Waals surface area contributed by atoms with Crippen molar-refractivity contribution in [2.24, 2.45) is 0 Å². The lowest BCUT2D eigenvalue weighted by Gasteiger charge is -2.07. The first-order chi connectivity index (χ1) is 10.7. The lowest BCUT2D eigenvalue weighted by Crippen LogP contribution is -2.00. The summed E-state index contributed by atoms with van der Waals surface area (Å²) in [6, 6.07) is 19.9. The average Bonchev–Trinajstić information content (AvgIpc) is 2.56.